The minimum absolute atomic E-state index is 0.313. The van der Waals surface area contributed by atoms with Gasteiger partial charge in [-0.15, -0.1) is 0 Å². The molecule has 0 aliphatic carbocycles. The van der Waals surface area contributed by atoms with Crippen LogP contribution in [0.2, 0.25) is 0 Å². The largest absolute Gasteiger partial charge is 0.497 e. The fourth-order valence-electron chi connectivity index (χ4n) is 1.77. The van der Waals surface area contributed by atoms with Crippen LogP contribution in [0.4, 0.5) is 0 Å². The van der Waals surface area contributed by atoms with Crippen molar-refractivity contribution in [2.24, 2.45) is 0 Å². The molecule has 0 atom stereocenters. The third kappa shape index (κ3) is 3.85. The Balaban J connectivity index is 2.03. The minimum atomic E-state index is -0.480. The third-order valence-electron chi connectivity index (χ3n) is 2.90. The van der Waals surface area contributed by atoms with E-state index in [-0.39, 0.29) is 0 Å². The SMILES string of the molecule is CCOC(=O)c1ccc(OC(=O)c2ccc(OC)cc2)cc1. The summed E-state index contributed by atoms with van der Waals surface area (Å²) in [7, 11) is 1.55. The van der Waals surface area contributed by atoms with Crippen molar-refractivity contribution in [3.8, 4) is 11.5 Å². The summed E-state index contributed by atoms with van der Waals surface area (Å²) in [6, 6.07) is 12.8. The molecule has 0 N–H and O–H groups in total. The van der Waals surface area contributed by atoms with E-state index in [1.54, 1.807) is 62.6 Å². The number of ether oxygens (including phenoxy) is 3. The standard InChI is InChI=1S/C17H16O5/c1-3-21-16(18)12-6-10-15(11-7-12)22-17(19)13-4-8-14(20-2)9-5-13/h4-11H,3H2,1-2H3. The lowest BCUT2D eigenvalue weighted by Crippen LogP contribution is -2.09. The van der Waals surface area contributed by atoms with Crippen LogP contribution < -0.4 is 9.47 Å². The first-order valence-corrected chi connectivity index (χ1v) is 6.77. The van der Waals surface area contributed by atoms with Gasteiger partial charge in [-0.05, 0) is 55.5 Å². The average molecular weight is 300 g/mol. The molecule has 0 aromatic heterocycles. The van der Waals surface area contributed by atoms with E-state index in [0.717, 1.165) is 0 Å². The smallest absolute Gasteiger partial charge is 0.343 e. The summed E-state index contributed by atoms with van der Waals surface area (Å²) in [5.41, 5.74) is 0.821. The van der Waals surface area contributed by atoms with Gasteiger partial charge in [-0.2, -0.15) is 0 Å². The Labute approximate surface area is 128 Å². The first-order valence-electron chi connectivity index (χ1n) is 6.77. The minimum Gasteiger partial charge on any atom is -0.497 e. The molecule has 0 spiro atoms. The molecule has 0 amide bonds. The van der Waals surface area contributed by atoms with Gasteiger partial charge in [-0.1, -0.05) is 0 Å². The third-order valence-corrected chi connectivity index (χ3v) is 2.90. The van der Waals surface area contributed by atoms with Crippen molar-refractivity contribution in [3.05, 3.63) is 59.7 Å². The van der Waals surface area contributed by atoms with Crippen LogP contribution in [0.25, 0.3) is 0 Å². The highest BCUT2D eigenvalue weighted by atomic mass is 16.5. The summed E-state index contributed by atoms with van der Waals surface area (Å²) in [5, 5.41) is 0. The second-order valence-corrected chi connectivity index (χ2v) is 4.36. The quantitative estimate of drug-likeness (QED) is 0.627. The van der Waals surface area contributed by atoms with Crippen LogP contribution in [0.1, 0.15) is 27.6 Å². The van der Waals surface area contributed by atoms with Gasteiger partial charge in [0.15, 0.2) is 0 Å². The molecule has 2 aromatic rings. The van der Waals surface area contributed by atoms with E-state index in [1.165, 1.54) is 0 Å². The van der Waals surface area contributed by atoms with E-state index in [2.05, 4.69) is 0 Å². The maximum atomic E-state index is 12.0. The molecular weight excluding hydrogens is 284 g/mol. The predicted octanol–water partition coefficient (Wildman–Crippen LogP) is 3.09. The Bertz CT molecular complexity index is 644. The highest BCUT2D eigenvalue weighted by Gasteiger charge is 2.10. The lowest BCUT2D eigenvalue weighted by molar-refractivity contribution is 0.0526. The van der Waals surface area contributed by atoms with Crippen molar-refractivity contribution in [3.63, 3.8) is 0 Å². The zero-order chi connectivity index (χ0) is 15.9. The highest BCUT2D eigenvalue weighted by Crippen LogP contribution is 2.16. The maximum Gasteiger partial charge on any atom is 0.343 e. The molecule has 0 heterocycles. The van der Waals surface area contributed by atoms with Crippen LogP contribution in [0, 0.1) is 0 Å². The van der Waals surface area contributed by atoms with Crippen molar-refractivity contribution in [1.29, 1.82) is 0 Å². The second kappa shape index (κ2) is 7.26. The summed E-state index contributed by atoms with van der Waals surface area (Å²) in [6.07, 6.45) is 0. The summed E-state index contributed by atoms with van der Waals surface area (Å²) in [6.45, 7) is 2.05. The molecule has 0 saturated carbocycles. The molecule has 114 valence electrons. The van der Waals surface area contributed by atoms with Gasteiger partial charge in [0.05, 0.1) is 24.8 Å². The van der Waals surface area contributed by atoms with Gasteiger partial charge in [0.2, 0.25) is 0 Å². The number of rotatable bonds is 5. The number of esters is 2. The number of methoxy groups -OCH3 is 1. The number of carbonyl (C=O) groups is 2. The summed E-state index contributed by atoms with van der Waals surface area (Å²) < 4.78 is 15.1. The zero-order valence-electron chi connectivity index (χ0n) is 12.4. The number of carbonyl (C=O) groups excluding carboxylic acids is 2. The van der Waals surface area contributed by atoms with E-state index in [9.17, 15) is 9.59 Å². The molecule has 0 aliphatic rings. The first kappa shape index (κ1) is 15.6. The van der Waals surface area contributed by atoms with Gasteiger partial charge in [0, 0.05) is 0 Å². The van der Waals surface area contributed by atoms with Crippen molar-refractivity contribution < 1.29 is 23.8 Å². The Morgan fingerprint density at radius 1 is 0.818 bits per heavy atom. The molecule has 0 bridgehead atoms. The van der Waals surface area contributed by atoms with Crippen LogP contribution in [0.15, 0.2) is 48.5 Å². The molecular formula is C17H16O5. The number of hydrogen-bond acceptors (Lipinski definition) is 5. The highest BCUT2D eigenvalue weighted by molar-refractivity contribution is 5.92. The lowest BCUT2D eigenvalue weighted by atomic mass is 10.2. The molecule has 2 aromatic carbocycles. The molecule has 0 radical (unpaired) electrons. The number of hydrogen-bond donors (Lipinski definition) is 0. The summed E-state index contributed by atoms with van der Waals surface area (Å²) in [4.78, 5) is 23.5. The van der Waals surface area contributed by atoms with Crippen LogP contribution in [-0.2, 0) is 4.74 Å². The van der Waals surface area contributed by atoms with Gasteiger partial charge in [0.1, 0.15) is 11.5 Å². The topological polar surface area (TPSA) is 61.8 Å². The summed E-state index contributed by atoms with van der Waals surface area (Å²) in [5.74, 6) is 0.131. The number of benzene rings is 2. The molecule has 22 heavy (non-hydrogen) atoms. The molecule has 0 aliphatic heterocycles. The van der Waals surface area contributed by atoms with Crippen LogP contribution in [-0.4, -0.2) is 25.7 Å². The second-order valence-electron chi connectivity index (χ2n) is 4.36. The van der Waals surface area contributed by atoms with Crippen molar-refractivity contribution in [1.82, 2.24) is 0 Å². The normalized spacial score (nSPS) is 9.91. The van der Waals surface area contributed by atoms with Gasteiger partial charge >= 0.3 is 11.9 Å². The predicted molar refractivity (Wildman–Crippen MR) is 80.4 cm³/mol. The van der Waals surface area contributed by atoms with Crippen molar-refractivity contribution in [2.45, 2.75) is 6.92 Å². The summed E-state index contributed by atoms with van der Waals surface area (Å²) >= 11 is 0. The Morgan fingerprint density at radius 3 is 1.82 bits per heavy atom. The fourth-order valence-corrected chi connectivity index (χ4v) is 1.77. The van der Waals surface area contributed by atoms with Gasteiger partial charge in [-0.3, -0.25) is 0 Å². The molecule has 0 unspecified atom stereocenters. The Kier molecular flexibility index (Phi) is 5.14. The van der Waals surface area contributed by atoms with Gasteiger partial charge < -0.3 is 14.2 Å². The van der Waals surface area contributed by atoms with Gasteiger partial charge in [0.25, 0.3) is 0 Å². The van der Waals surface area contributed by atoms with E-state index < -0.39 is 11.9 Å². The Hall–Kier alpha value is -2.82. The first-order chi connectivity index (χ1) is 10.6. The van der Waals surface area contributed by atoms with E-state index in [0.29, 0.717) is 29.2 Å². The average Bonchev–Trinajstić information content (AvgIpc) is 2.55. The van der Waals surface area contributed by atoms with Crippen LogP contribution in [0.5, 0.6) is 11.5 Å². The monoisotopic (exact) mass is 300 g/mol. The molecule has 5 nitrogen and oxygen atoms in total. The van der Waals surface area contributed by atoms with Gasteiger partial charge in [-0.25, -0.2) is 9.59 Å². The van der Waals surface area contributed by atoms with E-state index in [4.69, 9.17) is 14.2 Å². The van der Waals surface area contributed by atoms with Crippen molar-refractivity contribution in [2.75, 3.05) is 13.7 Å². The molecule has 0 fully saturated rings. The van der Waals surface area contributed by atoms with E-state index in [1.807, 2.05) is 0 Å². The van der Waals surface area contributed by atoms with Crippen LogP contribution in [0.3, 0.4) is 0 Å². The maximum absolute atomic E-state index is 12.0. The van der Waals surface area contributed by atoms with E-state index >= 15 is 0 Å². The van der Waals surface area contributed by atoms with Crippen molar-refractivity contribution >= 4 is 11.9 Å². The lowest BCUT2D eigenvalue weighted by Gasteiger charge is -2.06. The van der Waals surface area contributed by atoms with Crippen LogP contribution >= 0.6 is 0 Å². The molecule has 0 saturated heterocycles. The zero-order valence-corrected chi connectivity index (χ0v) is 12.4. The Morgan fingerprint density at radius 2 is 1.32 bits per heavy atom. The molecule has 2 rings (SSSR count). The fraction of sp³-hybridized carbons (Fsp3) is 0.176. The molecule has 5 heteroatoms.